The molecule has 0 bridgehead atoms. The Morgan fingerprint density at radius 2 is 1.90 bits per heavy atom. The Kier molecular flexibility index (Phi) is 8.82. The zero-order chi connectivity index (χ0) is 15.5. The van der Waals surface area contributed by atoms with E-state index in [4.69, 9.17) is 4.74 Å². The van der Waals surface area contributed by atoms with Crippen molar-refractivity contribution >= 4 is 12.0 Å². The van der Waals surface area contributed by atoms with E-state index in [0.29, 0.717) is 13.0 Å². The number of ether oxygens (including phenoxy) is 1. The molecule has 6 nitrogen and oxygen atoms in total. The maximum absolute atomic E-state index is 11.8. The predicted molar refractivity (Wildman–Crippen MR) is 80.3 cm³/mol. The second-order valence-electron chi connectivity index (χ2n) is 5.64. The van der Waals surface area contributed by atoms with Crippen LogP contribution in [0.3, 0.4) is 0 Å². The van der Waals surface area contributed by atoms with Crippen LogP contribution in [0.1, 0.15) is 51.4 Å². The van der Waals surface area contributed by atoms with Crippen LogP contribution in [0.2, 0.25) is 0 Å². The third-order valence-electron chi connectivity index (χ3n) is 3.96. The lowest BCUT2D eigenvalue weighted by molar-refractivity contribution is -0.142. The number of hydrogen-bond acceptors (Lipinski definition) is 3. The van der Waals surface area contributed by atoms with Gasteiger partial charge in [-0.1, -0.05) is 19.3 Å². The van der Waals surface area contributed by atoms with E-state index >= 15 is 0 Å². The molecule has 1 rings (SSSR count). The van der Waals surface area contributed by atoms with Gasteiger partial charge in [-0.2, -0.15) is 0 Å². The highest BCUT2D eigenvalue weighted by Gasteiger charge is 2.30. The number of aliphatic carboxylic acids is 1. The van der Waals surface area contributed by atoms with E-state index in [9.17, 15) is 14.7 Å². The summed E-state index contributed by atoms with van der Waals surface area (Å²) in [6, 6.07) is -0.501. The summed E-state index contributed by atoms with van der Waals surface area (Å²) < 4.78 is 4.96. The highest BCUT2D eigenvalue weighted by atomic mass is 16.5. The van der Waals surface area contributed by atoms with Gasteiger partial charge >= 0.3 is 12.0 Å². The molecule has 2 unspecified atom stereocenters. The quantitative estimate of drug-likeness (QED) is 0.473. The van der Waals surface area contributed by atoms with Crippen LogP contribution in [0.4, 0.5) is 4.79 Å². The highest BCUT2D eigenvalue weighted by Crippen LogP contribution is 2.23. The molecule has 0 aromatic rings. The molecule has 1 saturated carbocycles. The van der Waals surface area contributed by atoms with Gasteiger partial charge in [0.05, 0.1) is 5.92 Å². The summed E-state index contributed by atoms with van der Waals surface area (Å²) in [7, 11) is 1.68. The highest BCUT2D eigenvalue weighted by molar-refractivity contribution is 5.76. The largest absolute Gasteiger partial charge is 0.481 e. The minimum absolute atomic E-state index is 0.250. The lowest BCUT2D eigenvalue weighted by atomic mass is 9.95. The molecule has 1 fully saturated rings. The summed E-state index contributed by atoms with van der Waals surface area (Å²) in [5, 5.41) is 14.9. The number of carboxylic acid groups (broad SMARTS) is 1. The fourth-order valence-electron chi connectivity index (χ4n) is 2.75. The molecule has 21 heavy (non-hydrogen) atoms. The Morgan fingerprint density at radius 3 is 2.62 bits per heavy atom. The third kappa shape index (κ3) is 7.32. The van der Waals surface area contributed by atoms with Crippen LogP contribution < -0.4 is 10.6 Å². The number of unbranched alkanes of at least 4 members (excludes halogenated alkanes) is 2. The predicted octanol–water partition coefficient (Wildman–Crippen LogP) is 2.14. The number of amides is 2. The van der Waals surface area contributed by atoms with Crippen LogP contribution >= 0.6 is 0 Å². The van der Waals surface area contributed by atoms with Gasteiger partial charge in [0.1, 0.15) is 0 Å². The van der Waals surface area contributed by atoms with Gasteiger partial charge in [0.15, 0.2) is 0 Å². The van der Waals surface area contributed by atoms with Crippen molar-refractivity contribution in [2.75, 3.05) is 20.3 Å². The maximum Gasteiger partial charge on any atom is 0.315 e. The van der Waals surface area contributed by atoms with Crippen LogP contribution in [-0.2, 0) is 9.53 Å². The van der Waals surface area contributed by atoms with Crippen molar-refractivity contribution in [3.05, 3.63) is 0 Å². The van der Waals surface area contributed by atoms with E-state index in [2.05, 4.69) is 10.6 Å². The molecule has 0 heterocycles. The number of methoxy groups -OCH3 is 1. The summed E-state index contributed by atoms with van der Waals surface area (Å²) in [6.07, 6.45) is 7.25. The standard InChI is InChI=1S/C15H28N2O4/c1-21-11-7-3-6-10-16-15(20)17-13-9-5-2-4-8-12(13)14(18)19/h12-13H,2-11H2,1H3,(H,18,19)(H2,16,17,20). The van der Waals surface area contributed by atoms with Gasteiger partial charge < -0.3 is 20.5 Å². The molecule has 2 atom stereocenters. The molecule has 6 heteroatoms. The number of urea groups is 1. The van der Waals surface area contributed by atoms with Gasteiger partial charge in [-0.05, 0) is 32.1 Å². The molecule has 1 aliphatic carbocycles. The first-order valence-corrected chi connectivity index (χ1v) is 7.91. The van der Waals surface area contributed by atoms with Crippen molar-refractivity contribution in [3.63, 3.8) is 0 Å². The monoisotopic (exact) mass is 300 g/mol. The minimum Gasteiger partial charge on any atom is -0.481 e. The van der Waals surface area contributed by atoms with E-state index in [0.717, 1.165) is 51.6 Å². The fraction of sp³-hybridized carbons (Fsp3) is 0.867. The molecule has 0 spiro atoms. The molecule has 0 aromatic heterocycles. The van der Waals surface area contributed by atoms with Crippen molar-refractivity contribution in [1.82, 2.24) is 10.6 Å². The summed E-state index contributed by atoms with van der Waals surface area (Å²) in [5.74, 6) is -1.26. The van der Waals surface area contributed by atoms with Gasteiger partial charge in [0.25, 0.3) is 0 Å². The average Bonchev–Trinajstić information content (AvgIpc) is 2.68. The molecule has 2 amide bonds. The number of nitrogens with one attached hydrogen (secondary N) is 2. The Bertz CT molecular complexity index is 323. The van der Waals surface area contributed by atoms with Crippen molar-refractivity contribution in [1.29, 1.82) is 0 Å². The first-order valence-electron chi connectivity index (χ1n) is 7.91. The summed E-state index contributed by atoms with van der Waals surface area (Å²) in [4.78, 5) is 23.1. The van der Waals surface area contributed by atoms with Crippen LogP contribution in [0.5, 0.6) is 0 Å². The molecular formula is C15H28N2O4. The first kappa shape index (κ1) is 17.8. The Labute approximate surface area is 126 Å². The molecular weight excluding hydrogens is 272 g/mol. The summed E-state index contributed by atoms with van der Waals surface area (Å²) in [6.45, 7) is 1.36. The van der Waals surface area contributed by atoms with Crippen LogP contribution in [0.15, 0.2) is 0 Å². The Balaban J connectivity index is 2.25. The second-order valence-corrected chi connectivity index (χ2v) is 5.64. The van der Waals surface area contributed by atoms with Crippen LogP contribution in [-0.4, -0.2) is 43.4 Å². The number of rotatable bonds is 8. The molecule has 122 valence electrons. The van der Waals surface area contributed by atoms with E-state index in [1.807, 2.05) is 0 Å². The molecule has 0 saturated heterocycles. The second kappa shape index (κ2) is 10.4. The molecule has 0 radical (unpaired) electrons. The van der Waals surface area contributed by atoms with Crippen LogP contribution in [0, 0.1) is 5.92 Å². The number of hydrogen-bond donors (Lipinski definition) is 3. The lowest BCUT2D eigenvalue weighted by Crippen LogP contribution is -2.47. The fourth-order valence-corrected chi connectivity index (χ4v) is 2.75. The topological polar surface area (TPSA) is 87.7 Å². The third-order valence-corrected chi connectivity index (χ3v) is 3.96. The van der Waals surface area contributed by atoms with Gasteiger partial charge in [0, 0.05) is 26.3 Å². The minimum atomic E-state index is -0.804. The number of carbonyl (C=O) groups is 2. The van der Waals surface area contributed by atoms with Crippen molar-refractivity contribution in [2.45, 2.75) is 57.4 Å². The number of carbonyl (C=O) groups excluding carboxylic acids is 1. The molecule has 1 aliphatic rings. The maximum atomic E-state index is 11.8. The van der Waals surface area contributed by atoms with Crippen molar-refractivity contribution in [3.8, 4) is 0 Å². The SMILES string of the molecule is COCCCCCNC(=O)NC1CCCCCC1C(=O)O. The van der Waals surface area contributed by atoms with Gasteiger partial charge in [-0.15, -0.1) is 0 Å². The van der Waals surface area contributed by atoms with Crippen molar-refractivity contribution in [2.24, 2.45) is 5.92 Å². The Hall–Kier alpha value is -1.30. The van der Waals surface area contributed by atoms with E-state index in [-0.39, 0.29) is 12.1 Å². The molecule has 0 aliphatic heterocycles. The lowest BCUT2D eigenvalue weighted by Gasteiger charge is -2.23. The zero-order valence-corrected chi connectivity index (χ0v) is 12.9. The van der Waals surface area contributed by atoms with E-state index in [1.165, 1.54) is 0 Å². The summed E-state index contributed by atoms with van der Waals surface area (Å²) in [5.41, 5.74) is 0. The van der Waals surface area contributed by atoms with E-state index in [1.54, 1.807) is 7.11 Å². The summed E-state index contributed by atoms with van der Waals surface area (Å²) >= 11 is 0. The Morgan fingerprint density at radius 1 is 1.14 bits per heavy atom. The van der Waals surface area contributed by atoms with Gasteiger partial charge in [-0.3, -0.25) is 4.79 Å². The zero-order valence-electron chi connectivity index (χ0n) is 12.9. The first-order chi connectivity index (χ1) is 10.1. The smallest absolute Gasteiger partial charge is 0.315 e. The van der Waals surface area contributed by atoms with Gasteiger partial charge in [0.2, 0.25) is 0 Å². The normalized spacial score (nSPS) is 22.3. The molecule has 0 aromatic carbocycles. The van der Waals surface area contributed by atoms with E-state index < -0.39 is 11.9 Å². The average molecular weight is 300 g/mol. The molecule has 3 N–H and O–H groups in total. The van der Waals surface area contributed by atoms with Crippen molar-refractivity contribution < 1.29 is 19.4 Å². The number of carboxylic acids is 1. The van der Waals surface area contributed by atoms with Crippen LogP contribution in [0.25, 0.3) is 0 Å². The van der Waals surface area contributed by atoms with Gasteiger partial charge in [-0.25, -0.2) is 4.79 Å².